The highest BCUT2D eigenvalue weighted by Gasteiger charge is 2.55. The van der Waals surface area contributed by atoms with Crippen LogP contribution in [0.2, 0.25) is 0 Å². The summed E-state index contributed by atoms with van der Waals surface area (Å²) in [5.74, 6) is -8.35. The summed E-state index contributed by atoms with van der Waals surface area (Å²) in [4.78, 5) is 57.6. The van der Waals surface area contributed by atoms with Crippen molar-refractivity contribution in [1.82, 2.24) is 4.90 Å². The summed E-state index contributed by atoms with van der Waals surface area (Å²) in [6.45, 7) is 12.7. The Hall–Kier alpha value is -2.52. The molecule has 13 nitrogen and oxygen atoms in total. The Morgan fingerprint density at radius 2 is 1.60 bits per heavy atom. The number of ether oxygens (including phenoxy) is 4. The van der Waals surface area contributed by atoms with Gasteiger partial charge in [-0.25, -0.2) is 4.79 Å². The number of rotatable bonds is 5. The number of amides is 1. The van der Waals surface area contributed by atoms with Crippen molar-refractivity contribution in [3.05, 3.63) is 23.3 Å². The smallest absolute Gasteiger partial charge is 0.329 e. The second-order valence-corrected chi connectivity index (χ2v) is 17.4. The van der Waals surface area contributed by atoms with Crippen LogP contribution in [0.15, 0.2) is 23.3 Å². The van der Waals surface area contributed by atoms with Crippen LogP contribution in [0.1, 0.15) is 120 Å². The van der Waals surface area contributed by atoms with E-state index < -0.39 is 83.9 Å². The van der Waals surface area contributed by atoms with Crippen LogP contribution in [0, 0.1) is 35.5 Å². The van der Waals surface area contributed by atoms with E-state index in [1.807, 2.05) is 26.8 Å². The Labute approximate surface area is 340 Å². The molecule has 326 valence electrons. The molecule has 0 aromatic carbocycles. The van der Waals surface area contributed by atoms with E-state index in [1.165, 1.54) is 12.0 Å². The molecular formula is C44H73NO12. The van der Waals surface area contributed by atoms with Crippen LogP contribution in [-0.2, 0) is 38.1 Å². The van der Waals surface area contributed by atoms with Gasteiger partial charge in [0, 0.05) is 44.9 Å². The van der Waals surface area contributed by atoms with Gasteiger partial charge >= 0.3 is 5.97 Å². The summed E-state index contributed by atoms with van der Waals surface area (Å²) in [6, 6.07) is -1.14. The Morgan fingerprint density at radius 3 is 2.23 bits per heavy atom. The molecule has 1 saturated carbocycles. The number of carbonyl (C=O) groups is 4. The number of carbonyl (C=O) groups excluding carboxylic acids is 4. The van der Waals surface area contributed by atoms with Crippen molar-refractivity contribution in [3.63, 3.8) is 0 Å². The van der Waals surface area contributed by atoms with E-state index >= 15 is 0 Å². The molecule has 9 unspecified atom stereocenters. The third-order valence-electron chi connectivity index (χ3n) is 13.2. The highest BCUT2D eigenvalue weighted by molar-refractivity contribution is 6.39. The number of piperidine rings is 1. The van der Waals surface area contributed by atoms with Crippen molar-refractivity contribution in [1.29, 1.82) is 0 Å². The number of allylic oxidation sites excluding steroid dienone is 2. The highest BCUT2D eigenvalue weighted by atomic mass is 16.7. The van der Waals surface area contributed by atoms with Crippen LogP contribution in [0.5, 0.6) is 0 Å². The van der Waals surface area contributed by atoms with Crippen LogP contribution in [0.3, 0.4) is 0 Å². The Balaban J connectivity index is 0.00000870. The summed E-state index contributed by atoms with van der Waals surface area (Å²) in [6.07, 6.45) is 2.06. The lowest BCUT2D eigenvalue weighted by molar-refractivity contribution is -0.290. The molecule has 3 aliphatic heterocycles. The van der Waals surface area contributed by atoms with E-state index in [0.717, 1.165) is 0 Å². The molecular weight excluding hydrogens is 734 g/mol. The predicted octanol–water partition coefficient (Wildman–Crippen LogP) is 4.70. The van der Waals surface area contributed by atoms with E-state index in [4.69, 9.17) is 18.9 Å². The third-order valence-corrected chi connectivity index (χ3v) is 13.2. The predicted molar refractivity (Wildman–Crippen MR) is 215 cm³/mol. The van der Waals surface area contributed by atoms with Gasteiger partial charge in [-0.3, -0.25) is 14.4 Å². The number of methoxy groups -OCH3 is 2. The molecule has 0 radical (unpaired) electrons. The minimum absolute atomic E-state index is 0. The lowest BCUT2D eigenvalue weighted by atomic mass is 9.78. The van der Waals surface area contributed by atoms with Crippen molar-refractivity contribution in [2.24, 2.45) is 35.5 Å². The van der Waals surface area contributed by atoms with E-state index in [9.17, 15) is 39.6 Å². The Morgan fingerprint density at radius 1 is 0.930 bits per heavy atom. The van der Waals surface area contributed by atoms with Crippen molar-refractivity contribution < 1.29 is 58.6 Å². The summed E-state index contributed by atoms with van der Waals surface area (Å²) < 4.78 is 23.9. The van der Waals surface area contributed by atoms with Gasteiger partial charge in [0.2, 0.25) is 5.79 Å². The maximum atomic E-state index is 14.3. The fourth-order valence-corrected chi connectivity index (χ4v) is 9.46. The average Bonchev–Trinajstić information content (AvgIpc) is 3.18. The fourth-order valence-electron chi connectivity index (χ4n) is 9.46. The first-order valence-electron chi connectivity index (χ1n) is 20.8. The number of aliphatic hydroxyl groups is 4. The summed E-state index contributed by atoms with van der Waals surface area (Å²) in [7, 11) is 3.05. The first kappa shape index (κ1) is 48.8. The minimum atomic E-state index is -2.49. The van der Waals surface area contributed by atoms with Crippen LogP contribution in [-0.4, -0.2) is 124 Å². The fraction of sp³-hybridized carbons (Fsp3) is 0.818. The van der Waals surface area contributed by atoms with Crippen molar-refractivity contribution in [3.8, 4) is 0 Å². The summed E-state index contributed by atoms with van der Waals surface area (Å²) in [5.41, 5.74) is 1.22. The number of esters is 1. The van der Waals surface area contributed by atoms with E-state index in [2.05, 4.69) is 0 Å². The second kappa shape index (κ2) is 21.1. The lowest BCUT2D eigenvalue weighted by Crippen LogP contribution is -2.63. The molecule has 4 aliphatic rings. The molecule has 13 heteroatoms. The molecule has 2 bridgehead atoms. The first-order valence-corrected chi connectivity index (χ1v) is 20.8. The maximum Gasteiger partial charge on any atom is 0.329 e. The molecule has 3 fully saturated rings. The Kier molecular flexibility index (Phi) is 18.1. The van der Waals surface area contributed by atoms with Gasteiger partial charge in [0.25, 0.3) is 11.7 Å². The van der Waals surface area contributed by atoms with Crippen LogP contribution in [0.4, 0.5) is 0 Å². The molecule has 15 atom stereocenters. The quantitative estimate of drug-likeness (QED) is 0.171. The maximum absolute atomic E-state index is 14.3. The average molecular weight is 808 g/mol. The molecule has 1 amide bonds. The molecule has 0 spiro atoms. The largest absolute Gasteiger partial charge is 0.456 e. The van der Waals surface area contributed by atoms with Gasteiger partial charge in [-0.2, -0.15) is 0 Å². The van der Waals surface area contributed by atoms with Gasteiger partial charge in [-0.05, 0) is 101 Å². The lowest BCUT2D eigenvalue weighted by Gasteiger charge is -2.47. The molecule has 0 aromatic rings. The van der Waals surface area contributed by atoms with Gasteiger partial charge in [0.05, 0.1) is 36.6 Å². The molecule has 1 aliphatic carbocycles. The summed E-state index contributed by atoms with van der Waals surface area (Å²) in [5, 5.41) is 45.5. The van der Waals surface area contributed by atoms with Gasteiger partial charge < -0.3 is 44.3 Å². The van der Waals surface area contributed by atoms with Gasteiger partial charge in [-0.15, -0.1) is 0 Å². The van der Waals surface area contributed by atoms with Crippen molar-refractivity contribution >= 4 is 23.4 Å². The number of hydrogen-bond donors (Lipinski definition) is 4. The first-order chi connectivity index (χ1) is 26.4. The van der Waals surface area contributed by atoms with Gasteiger partial charge in [0.1, 0.15) is 17.9 Å². The number of fused-ring (bicyclic) bond motifs is 3. The number of ketones is 2. The van der Waals surface area contributed by atoms with Crippen LogP contribution < -0.4 is 0 Å². The molecule has 4 rings (SSSR count). The monoisotopic (exact) mass is 808 g/mol. The van der Waals surface area contributed by atoms with Crippen molar-refractivity contribution in [2.45, 2.75) is 175 Å². The van der Waals surface area contributed by atoms with E-state index in [1.54, 1.807) is 40.9 Å². The molecule has 4 N–H and O–H groups in total. The number of cyclic esters (lactones) is 1. The molecule has 57 heavy (non-hydrogen) atoms. The number of nitrogens with zero attached hydrogens (tertiary/aromatic N) is 1. The van der Waals surface area contributed by atoms with Crippen LogP contribution in [0.25, 0.3) is 0 Å². The van der Waals surface area contributed by atoms with Gasteiger partial charge in [0.15, 0.2) is 0 Å². The van der Waals surface area contributed by atoms with Crippen LogP contribution >= 0.6 is 0 Å². The van der Waals surface area contributed by atoms with E-state index in [-0.39, 0.29) is 62.9 Å². The zero-order valence-electron chi connectivity index (χ0n) is 35.0. The minimum Gasteiger partial charge on any atom is -0.456 e. The van der Waals surface area contributed by atoms with E-state index in [0.29, 0.717) is 56.1 Å². The van der Waals surface area contributed by atoms with Crippen molar-refractivity contribution in [2.75, 3.05) is 20.8 Å². The number of aliphatic hydroxyl groups excluding tert-OH is 3. The molecule has 0 aromatic heterocycles. The topological polar surface area (TPSA) is 189 Å². The third kappa shape index (κ3) is 11.2. The standard InChI is InChI=1S/C43H69NO12.CH4/c1-10-30-19-23(2)37(48)24(3)20-36(54-9)39-25(4)17-27(6)43(52,56-39)40(49)41(50)44-16-12-11-13-31(44)42(51)55-38(28(7)33(46)22-34(30)47)26(5)18-29-14-15-32(45)35(21-29)53-8;/h18-19,24-25,27-33,35-39,45-46,48,52H,10-17,20-22H2,1-9H3;1H4/b23-19+,26-18+;/t24-,25+,27-,28-,29+,30-,31?,32?,33?,35?,36?,37?,38?,39?,43?;/m1./s1. The number of hydrogen-bond acceptors (Lipinski definition) is 12. The molecule has 3 heterocycles. The Bertz CT molecular complexity index is 1450. The zero-order chi connectivity index (χ0) is 41.6. The highest BCUT2D eigenvalue weighted by Crippen LogP contribution is 2.41. The number of Topliss-reactive ketones (excluding diaryl/α,β-unsaturated/α-hetero) is 2. The zero-order valence-corrected chi connectivity index (χ0v) is 35.0. The normalized spacial score (nSPS) is 42.2. The van der Waals surface area contributed by atoms with Gasteiger partial charge in [-0.1, -0.05) is 54.2 Å². The second-order valence-electron chi connectivity index (χ2n) is 17.4. The SMILES string of the molecule is C.CC[C@@H]1/C=C(\C)C(O)[C@H](C)CC(OC)C2OC(O)(C(=O)C(=O)N3CCCCC3C(=O)OC(/C(C)=C/[C@@H]3CCC(O)C(OC)C3)[C@H](C)C(O)CC1=O)[C@H](C)C[C@@H]2C. The summed E-state index contributed by atoms with van der Waals surface area (Å²) >= 11 is 0. The molecule has 2 saturated heterocycles.